The van der Waals surface area contributed by atoms with Gasteiger partial charge in [-0.3, -0.25) is 9.59 Å². The Labute approximate surface area is 232 Å². The molecule has 1 unspecified atom stereocenters. The number of carbonyl (C=O) groups is 1. The summed E-state index contributed by atoms with van der Waals surface area (Å²) in [6.07, 6.45) is 1.93. The summed E-state index contributed by atoms with van der Waals surface area (Å²) in [5.41, 5.74) is 3.79. The van der Waals surface area contributed by atoms with E-state index in [-0.39, 0.29) is 17.9 Å². The summed E-state index contributed by atoms with van der Waals surface area (Å²) in [7, 11) is 0. The summed E-state index contributed by atoms with van der Waals surface area (Å²) in [4.78, 5) is 30.1. The van der Waals surface area contributed by atoms with Crippen LogP contribution in [0.15, 0.2) is 89.0 Å². The molecule has 0 saturated heterocycles. The topological polar surface area (TPSA) is 109 Å². The first-order valence-corrected chi connectivity index (χ1v) is 13.0. The number of H-pyrrole nitrogens is 1. The number of hydrogen-bond donors (Lipinski definition) is 1. The van der Waals surface area contributed by atoms with E-state index < -0.39 is 6.04 Å². The van der Waals surface area contributed by atoms with Crippen LogP contribution in [0.25, 0.3) is 22.0 Å². The van der Waals surface area contributed by atoms with Gasteiger partial charge in [-0.1, -0.05) is 65.7 Å². The number of pyridine rings is 1. The van der Waals surface area contributed by atoms with Crippen LogP contribution in [0.2, 0.25) is 10.0 Å². The first kappa shape index (κ1) is 25.0. The molecule has 1 atom stereocenters. The van der Waals surface area contributed by atoms with Gasteiger partial charge in [0.25, 0.3) is 5.56 Å². The second kappa shape index (κ2) is 10.4. The number of aromatic nitrogens is 5. The van der Waals surface area contributed by atoms with E-state index in [1.807, 2.05) is 48.5 Å². The number of tetrazole rings is 1. The number of amides is 1. The Hall–Kier alpha value is -4.34. The second-order valence-corrected chi connectivity index (χ2v) is 10.0. The molecule has 3 heterocycles. The third kappa shape index (κ3) is 4.94. The van der Waals surface area contributed by atoms with Gasteiger partial charge in [0, 0.05) is 39.4 Å². The summed E-state index contributed by atoms with van der Waals surface area (Å²) in [5.74, 6) is -0.217. The molecular weight excluding hydrogens is 537 g/mol. The first-order chi connectivity index (χ1) is 19.0. The molecule has 0 spiro atoms. The SMILES string of the molecule is O=C(CCn1cnnn1)N1N=C(c2c(-c3ccc(Cl)cc3)c3ccccc3[nH]c2=O)CC1c1ccc(Cl)cc1. The molecule has 0 fully saturated rings. The summed E-state index contributed by atoms with van der Waals surface area (Å²) in [5, 5.41) is 19.4. The van der Waals surface area contributed by atoms with E-state index in [0.717, 1.165) is 22.1 Å². The van der Waals surface area contributed by atoms with Crippen molar-refractivity contribution in [3.05, 3.63) is 111 Å². The zero-order chi connectivity index (χ0) is 26.9. The Morgan fingerprint density at radius 1 is 0.949 bits per heavy atom. The van der Waals surface area contributed by atoms with Gasteiger partial charge in [-0.25, -0.2) is 9.69 Å². The maximum atomic E-state index is 13.6. The molecule has 9 nitrogen and oxygen atoms in total. The Kier molecular flexibility index (Phi) is 6.68. The van der Waals surface area contributed by atoms with Crippen LogP contribution in [0.3, 0.4) is 0 Å². The fraction of sp³-hybridized carbons (Fsp3) is 0.143. The minimum absolute atomic E-state index is 0.129. The van der Waals surface area contributed by atoms with Crippen LogP contribution in [0, 0.1) is 0 Å². The molecule has 39 heavy (non-hydrogen) atoms. The quantitative estimate of drug-likeness (QED) is 0.306. The van der Waals surface area contributed by atoms with Gasteiger partial charge in [0.05, 0.1) is 23.9 Å². The van der Waals surface area contributed by atoms with Crippen molar-refractivity contribution in [2.75, 3.05) is 0 Å². The predicted octanol–water partition coefficient (Wildman–Crippen LogP) is 5.26. The van der Waals surface area contributed by atoms with Gasteiger partial charge in [-0.15, -0.1) is 5.10 Å². The molecular formula is C28H21Cl2N7O2. The summed E-state index contributed by atoms with van der Waals surface area (Å²) >= 11 is 12.3. The largest absolute Gasteiger partial charge is 0.321 e. The zero-order valence-electron chi connectivity index (χ0n) is 20.5. The molecule has 6 rings (SSSR count). The Balaban J connectivity index is 1.48. The van der Waals surface area contributed by atoms with Crippen LogP contribution >= 0.6 is 23.2 Å². The van der Waals surface area contributed by atoms with Crippen LogP contribution in [-0.4, -0.2) is 41.8 Å². The molecule has 0 bridgehead atoms. The van der Waals surface area contributed by atoms with Crippen LogP contribution in [0.1, 0.15) is 30.0 Å². The molecule has 0 aliphatic carbocycles. The van der Waals surface area contributed by atoms with Crippen LogP contribution in [0.4, 0.5) is 0 Å². The van der Waals surface area contributed by atoms with Gasteiger partial charge < -0.3 is 4.98 Å². The van der Waals surface area contributed by atoms with Crippen molar-refractivity contribution in [3.63, 3.8) is 0 Å². The van der Waals surface area contributed by atoms with Crippen molar-refractivity contribution >= 4 is 45.7 Å². The predicted molar refractivity (Wildman–Crippen MR) is 150 cm³/mol. The fourth-order valence-electron chi connectivity index (χ4n) is 4.88. The lowest BCUT2D eigenvalue weighted by Gasteiger charge is -2.22. The van der Waals surface area contributed by atoms with Crippen molar-refractivity contribution < 1.29 is 4.79 Å². The smallest absolute Gasteiger partial charge is 0.258 e. The molecule has 2 aromatic heterocycles. The van der Waals surface area contributed by atoms with Gasteiger partial charge in [0.1, 0.15) is 6.33 Å². The fourth-order valence-corrected chi connectivity index (χ4v) is 5.13. The van der Waals surface area contributed by atoms with Crippen molar-refractivity contribution in [1.29, 1.82) is 0 Å². The Morgan fingerprint density at radius 2 is 1.67 bits per heavy atom. The number of benzene rings is 3. The first-order valence-electron chi connectivity index (χ1n) is 12.2. The average Bonchev–Trinajstić information content (AvgIpc) is 3.63. The number of nitrogens with one attached hydrogen (secondary N) is 1. The number of hydrazone groups is 1. The Bertz CT molecular complexity index is 1750. The van der Waals surface area contributed by atoms with E-state index in [4.69, 9.17) is 28.3 Å². The molecule has 1 amide bonds. The molecule has 194 valence electrons. The number of aromatic amines is 1. The van der Waals surface area contributed by atoms with Crippen LogP contribution < -0.4 is 5.56 Å². The third-order valence-electron chi connectivity index (χ3n) is 6.71. The summed E-state index contributed by atoms with van der Waals surface area (Å²) in [6.45, 7) is 0.299. The average molecular weight is 558 g/mol. The number of halogens is 2. The van der Waals surface area contributed by atoms with Crippen LogP contribution in [0.5, 0.6) is 0 Å². The van der Waals surface area contributed by atoms with Crippen LogP contribution in [-0.2, 0) is 11.3 Å². The van der Waals surface area contributed by atoms with Gasteiger partial charge >= 0.3 is 0 Å². The highest BCUT2D eigenvalue weighted by Crippen LogP contribution is 2.37. The van der Waals surface area contributed by atoms with E-state index in [0.29, 0.717) is 39.8 Å². The lowest BCUT2D eigenvalue weighted by molar-refractivity contribution is -0.133. The number of nitrogens with zero attached hydrogens (tertiary/aromatic N) is 6. The summed E-state index contributed by atoms with van der Waals surface area (Å²) < 4.78 is 1.49. The number of para-hydroxylation sites is 1. The molecule has 1 aliphatic rings. The molecule has 1 N–H and O–H groups in total. The highest BCUT2D eigenvalue weighted by molar-refractivity contribution is 6.31. The third-order valence-corrected chi connectivity index (χ3v) is 7.21. The number of hydrogen-bond acceptors (Lipinski definition) is 6. The lowest BCUT2D eigenvalue weighted by Crippen LogP contribution is -2.28. The minimum atomic E-state index is -0.414. The van der Waals surface area contributed by atoms with Crippen molar-refractivity contribution in [2.45, 2.75) is 25.4 Å². The van der Waals surface area contributed by atoms with E-state index in [1.165, 1.54) is 16.0 Å². The highest BCUT2D eigenvalue weighted by Gasteiger charge is 2.35. The highest BCUT2D eigenvalue weighted by atomic mass is 35.5. The molecule has 0 saturated carbocycles. The Morgan fingerprint density at radius 3 is 2.38 bits per heavy atom. The molecule has 1 aliphatic heterocycles. The molecule has 11 heteroatoms. The van der Waals surface area contributed by atoms with Gasteiger partial charge in [0.2, 0.25) is 5.91 Å². The number of aryl methyl sites for hydroxylation is 1. The van der Waals surface area contributed by atoms with Crippen molar-refractivity contribution in [2.24, 2.45) is 5.10 Å². The maximum Gasteiger partial charge on any atom is 0.258 e. The van der Waals surface area contributed by atoms with Crippen molar-refractivity contribution in [1.82, 2.24) is 30.2 Å². The van der Waals surface area contributed by atoms with Crippen molar-refractivity contribution in [3.8, 4) is 11.1 Å². The molecule has 0 radical (unpaired) electrons. The van der Waals surface area contributed by atoms with E-state index in [2.05, 4.69) is 20.5 Å². The minimum Gasteiger partial charge on any atom is -0.321 e. The standard InChI is InChI=1S/C28H21Cl2N7O2/c29-19-9-5-17(6-10-19)24-15-23(33-37(24)25(38)13-14-36-16-31-34-35-36)27-26(18-7-11-20(30)12-8-18)21-3-1-2-4-22(21)32-28(27)39/h1-12,16,24H,13-15H2,(H,32,39). The maximum absolute atomic E-state index is 13.6. The number of rotatable bonds is 6. The number of carbonyl (C=O) groups excluding carboxylic acids is 1. The van der Waals surface area contributed by atoms with Gasteiger partial charge in [-0.05, 0) is 51.9 Å². The zero-order valence-corrected chi connectivity index (χ0v) is 22.0. The lowest BCUT2D eigenvalue weighted by atomic mass is 9.91. The van der Waals surface area contributed by atoms with E-state index >= 15 is 0 Å². The summed E-state index contributed by atoms with van der Waals surface area (Å²) in [6, 6.07) is 21.9. The normalized spacial score (nSPS) is 15.1. The molecule has 3 aromatic carbocycles. The molecule has 5 aromatic rings. The van der Waals surface area contributed by atoms with E-state index in [9.17, 15) is 9.59 Å². The van der Waals surface area contributed by atoms with Gasteiger partial charge in [-0.2, -0.15) is 5.10 Å². The monoisotopic (exact) mass is 557 g/mol. The number of fused-ring (bicyclic) bond motifs is 1. The van der Waals surface area contributed by atoms with E-state index in [1.54, 1.807) is 24.3 Å². The van der Waals surface area contributed by atoms with Gasteiger partial charge in [0.15, 0.2) is 0 Å². The second-order valence-electron chi connectivity index (χ2n) is 9.14.